The summed E-state index contributed by atoms with van der Waals surface area (Å²) in [7, 11) is 7.25. The Morgan fingerprint density at radius 3 is 2.32 bits per heavy atom. The van der Waals surface area contributed by atoms with E-state index in [-0.39, 0.29) is 0 Å². The predicted octanol–water partition coefficient (Wildman–Crippen LogP) is 4.75. The summed E-state index contributed by atoms with van der Waals surface area (Å²) in [6.45, 7) is 5.16. The van der Waals surface area contributed by atoms with Crippen LogP contribution in [0.2, 0.25) is 5.02 Å². The van der Waals surface area contributed by atoms with E-state index in [4.69, 9.17) is 25.8 Å². The van der Waals surface area contributed by atoms with Crippen molar-refractivity contribution < 1.29 is 14.2 Å². The van der Waals surface area contributed by atoms with Gasteiger partial charge in [0.1, 0.15) is 5.75 Å². The Labute approximate surface area is 191 Å². The third kappa shape index (κ3) is 6.76. The Bertz CT molecular complexity index is 820. The van der Waals surface area contributed by atoms with Gasteiger partial charge in [-0.15, -0.1) is 0 Å². The van der Waals surface area contributed by atoms with Gasteiger partial charge in [-0.1, -0.05) is 23.7 Å². The Hall–Kier alpha value is -1.95. The second-order valence-corrected chi connectivity index (χ2v) is 8.82. The van der Waals surface area contributed by atoms with Gasteiger partial charge in [-0.25, -0.2) is 0 Å². The second kappa shape index (κ2) is 11.6. The molecule has 1 aliphatic heterocycles. The van der Waals surface area contributed by atoms with Crippen LogP contribution in [0.5, 0.6) is 17.2 Å². The maximum Gasteiger partial charge on any atom is 0.165 e. The zero-order chi connectivity index (χ0) is 22.2. The molecular weight excluding hydrogens is 412 g/mol. The molecular formula is C25H35ClN2O3. The quantitative estimate of drug-likeness (QED) is 0.526. The molecule has 1 saturated heterocycles. The van der Waals surface area contributed by atoms with Crippen molar-refractivity contribution in [2.45, 2.75) is 25.8 Å². The van der Waals surface area contributed by atoms with E-state index < -0.39 is 0 Å². The zero-order valence-electron chi connectivity index (χ0n) is 19.2. The average Bonchev–Trinajstić information content (AvgIpc) is 2.78. The van der Waals surface area contributed by atoms with Crippen LogP contribution < -0.4 is 14.2 Å². The molecule has 0 N–H and O–H groups in total. The highest BCUT2D eigenvalue weighted by Gasteiger charge is 2.21. The molecule has 0 aromatic heterocycles. The molecule has 3 rings (SSSR count). The van der Waals surface area contributed by atoms with E-state index in [1.165, 1.54) is 31.5 Å². The van der Waals surface area contributed by atoms with E-state index in [1.807, 2.05) is 24.3 Å². The van der Waals surface area contributed by atoms with Gasteiger partial charge < -0.3 is 19.1 Å². The van der Waals surface area contributed by atoms with Crippen LogP contribution in [0.15, 0.2) is 36.4 Å². The van der Waals surface area contributed by atoms with Gasteiger partial charge in [0, 0.05) is 36.3 Å². The van der Waals surface area contributed by atoms with E-state index in [0.717, 1.165) is 43.1 Å². The lowest BCUT2D eigenvalue weighted by Crippen LogP contribution is -2.37. The largest absolute Gasteiger partial charge is 0.497 e. The minimum Gasteiger partial charge on any atom is -0.497 e. The highest BCUT2D eigenvalue weighted by atomic mass is 35.5. The average molecular weight is 447 g/mol. The molecule has 31 heavy (non-hydrogen) atoms. The molecule has 0 atom stereocenters. The fourth-order valence-electron chi connectivity index (χ4n) is 4.29. The third-order valence-corrected chi connectivity index (χ3v) is 6.36. The first-order valence-corrected chi connectivity index (χ1v) is 11.3. The summed E-state index contributed by atoms with van der Waals surface area (Å²) in [4.78, 5) is 4.96. The SMILES string of the molecule is COc1ccc(CCN(Cc2cc(Cl)cc(OC)c2OC)CC2CCN(C)CC2)cc1. The zero-order valence-corrected chi connectivity index (χ0v) is 20.0. The van der Waals surface area contributed by atoms with Crippen molar-refractivity contribution in [3.05, 3.63) is 52.5 Å². The number of rotatable bonds is 10. The molecule has 0 amide bonds. The Morgan fingerprint density at radius 2 is 1.71 bits per heavy atom. The first-order chi connectivity index (χ1) is 15.0. The minimum absolute atomic E-state index is 0.669. The maximum atomic E-state index is 6.38. The van der Waals surface area contributed by atoms with Gasteiger partial charge in [-0.3, -0.25) is 4.90 Å². The molecule has 0 saturated carbocycles. The van der Waals surface area contributed by atoms with Crippen LogP contribution in [0.1, 0.15) is 24.0 Å². The molecule has 2 aromatic carbocycles. The number of hydrogen-bond acceptors (Lipinski definition) is 5. The molecule has 170 valence electrons. The fourth-order valence-corrected chi connectivity index (χ4v) is 4.52. The van der Waals surface area contributed by atoms with Crippen LogP contribution >= 0.6 is 11.6 Å². The van der Waals surface area contributed by atoms with E-state index >= 15 is 0 Å². The van der Waals surface area contributed by atoms with Crippen LogP contribution in [0.25, 0.3) is 0 Å². The number of halogens is 1. The monoisotopic (exact) mass is 446 g/mol. The number of benzene rings is 2. The molecule has 6 heteroatoms. The summed E-state index contributed by atoms with van der Waals surface area (Å²) >= 11 is 6.38. The summed E-state index contributed by atoms with van der Waals surface area (Å²) in [6, 6.07) is 12.2. The van der Waals surface area contributed by atoms with Gasteiger partial charge in [0.2, 0.25) is 0 Å². The van der Waals surface area contributed by atoms with Gasteiger partial charge in [0.15, 0.2) is 11.5 Å². The lowest BCUT2D eigenvalue weighted by atomic mass is 9.96. The van der Waals surface area contributed by atoms with Crippen LogP contribution in [-0.4, -0.2) is 64.4 Å². The smallest absolute Gasteiger partial charge is 0.165 e. The van der Waals surface area contributed by atoms with Crippen LogP contribution in [0, 0.1) is 5.92 Å². The number of hydrogen-bond donors (Lipinski definition) is 0. The number of methoxy groups -OCH3 is 3. The highest BCUT2D eigenvalue weighted by molar-refractivity contribution is 6.30. The van der Waals surface area contributed by atoms with Crippen molar-refractivity contribution in [2.75, 3.05) is 54.6 Å². The first-order valence-electron chi connectivity index (χ1n) is 11.0. The normalized spacial score (nSPS) is 15.3. The summed E-state index contributed by atoms with van der Waals surface area (Å²) < 4.78 is 16.5. The second-order valence-electron chi connectivity index (χ2n) is 8.38. The standard InChI is InChI=1S/C25H35ClN2O3/c1-27-12-9-20(10-13-27)17-28(14-11-19-5-7-23(29-2)8-6-19)18-21-15-22(26)16-24(30-3)25(21)31-4/h5-8,15-16,20H,9-14,17-18H2,1-4H3. The Morgan fingerprint density at radius 1 is 1.00 bits per heavy atom. The molecule has 0 bridgehead atoms. The van der Waals surface area contributed by atoms with Crippen LogP contribution in [0.4, 0.5) is 0 Å². The van der Waals surface area contributed by atoms with Crippen molar-refractivity contribution in [2.24, 2.45) is 5.92 Å². The summed E-state index contributed by atoms with van der Waals surface area (Å²) in [5, 5.41) is 0.669. The fraction of sp³-hybridized carbons (Fsp3) is 0.520. The van der Waals surface area contributed by atoms with Crippen LogP contribution in [0.3, 0.4) is 0 Å². The number of ether oxygens (including phenoxy) is 3. The van der Waals surface area contributed by atoms with Crippen molar-refractivity contribution in [3.8, 4) is 17.2 Å². The first kappa shape index (κ1) is 23.7. The summed E-state index contributed by atoms with van der Waals surface area (Å²) in [5.74, 6) is 3.05. The topological polar surface area (TPSA) is 34.2 Å². The van der Waals surface area contributed by atoms with Gasteiger partial charge in [-0.2, -0.15) is 0 Å². The van der Waals surface area contributed by atoms with Crippen LogP contribution in [-0.2, 0) is 13.0 Å². The van der Waals surface area contributed by atoms with Crippen molar-refractivity contribution >= 4 is 11.6 Å². The Balaban J connectivity index is 1.75. The van der Waals surface area contributed by atoms with E-state index in [1.54, 1.807) is 21.3 Å². The minimum atomic E-state index is 0.669. The lowest BCUT2D eigenvalue weighted by molar-refractivity contribution is 0.156. The molecule has 0 unspecified atom stereocenters. The number of likely N-dealkylation sites (tertiary alicyclic amines) is 1. The number of nitrogens with zero attached hydrogens (tertiary/aromatic N) is 2. The van der Waals surface area contributed by atoms with Gasteiger partial charge >= 0.3 is 0 Å². The molecule has 0 radical (unpaired) electrons. The molecule has 1 heterocycles. The summed E-state index contributed by atoms with van der Waals surface area (Å²) in [5.41, 5.74) is 2.37. The molecule has 0 spiro atoms. The maximum absolute atomic E-state index is 6.38. The molecule has 2 aromatic rings. The highest BCUT2D eigenvalue weighted by Crippen LogP contribution is 2.35. The van der Waals surface area contributed by atoms with Gasteiger partial charge in [0.05, 0.1) is 21.3 Å². The predicted molar refractivity (Wildman–Crippen MR) is 127 cm³/mol. The summed E-state index contributed by atoms with van der Waals surface area (Å²) in [6.07, 6.45) is 3.47. The molecule has 0 aliphatic carbocycles. The lowest BCUT2D eigenvalue weighted by Gasteiger charge is -2.33. The van der Waals surface area contributed by atoms with Crippen molar-refractivity contribution in [3.63, 3.8) is 0 Å². The molecule has 1 fully saturated rings. The number of piperidine rings is 1. The third-order valence-electron chi connectivity index (χ3n) is 6.14. The van der Waals surface area contributed by atoms with Crippen molar-refractivity contribution in [1.82, 2.24) is 9.80 Å². The van der Waals surface area contributed by atoms with Gasteiger partial charge in [0.25, 0.3) is 0 Å². The van der Waals surface area contributed by atoms with E-state index in [9.17, 15) is 0 Å². The van der Waals surface area contributed by atoms with Crippen molar-refractivity contribution in [1.29, 1.82) is 0 Å². The van der Waals surface area contributed by atoms with Gasteiger partial charge in [-0.05, 0) is 69.1 Å². The molecule has 1 aliphatic rings. The van der Waals surface area contributed by atoms with E-state index in [2.05, 4.69) is 29.0 Å². The van der Waals surface area contributed by atoms with E-state index in [0.29, 0.717) is 16.7 Å². The Kier molecular flexibility index (Phi) is 8.88. The molecule has 5 nitrogen and oxygen atoms in total.